The van der Waals surface area contributed by atoms with Gasteiger partial charge >= 0.3 is 0 Å². The first kappa shape index (κ1) is 23.0. The largest absolute Gasteiger partial charge is 0.384 e. The Morgan fingerprint density at radius 3 is 2.46 bits per heavy atom. The minimum absolute atomic E-state index is 0. The molecule has 142 valence electrons. The maximum absolute atomic E-state index is 13.0. The van der Waals surface area contributed by atoms with E-state index in [4.69, 9.17) is 28.9 Å². The fourth-order valence-corrected chi connectivity index (χ4v) is 2.91. The summed E-state index contributed by atoms with van der Waals surface area (Å²) in [4.78, 5) is 4.18. The smallest absolute Gasteiger partial charge is 0.189 e. The summed E-state index contributed by atoms with van der Waals surface area (Å²) < 4.78 is 13.0. The fourth-order valence-electron chi connectivity index (χ4n) is 2.34. The van der Waals surface area contributed by atoms with Gasteiger partial charge in [0.05, 0.1) is 12.6 Å². The highest BCUT2D eigenvalue weighted by Crippen LogP contribution is 2.26. The van der Waals surface area contributed by atoms with Crippen molar-refractivity contribution in [3.05, 3.63) is 69.5 Å². The molecule has 0 aromatic heterocycles. The van der Waals surface area contributed by atoms with E-state index in [0.717, 1.165) is 5.56 Å². The van der Waals surface area contributed by atoms with Gasteiger partial charge in [0.2, 0.25) is 0 Å². The molecule has 2 aromatic carbocycles. The SMILES string of the molecule is CC(NC(N)=NCC(C)(O)c1ccc(F)cc1)c1ccc(Cl)cc1Cl.I. The summed E-state index contributed by atoms with van der Waals surface area (Å²) >= 11 is 12.1. The third kappa shape index (κ3) is 6.26. The van der Waals surface area contributed by atoms with Gasteiger partial charge in [0.15, 0.2) is 5.96 Å². The topological polar surface area (TPSA) is 70.6 Å². The van der Waals surface area contributed by atoms with Crippen LogP contribution in [0.25, 0.3) is 0 Å². The molecule has 4 N–H and O–H groups in total. The van der Waals surface area contributed by atoms with Gasteiger partial charge in [-0.05, 0) is 49.2 Å². The molecular formula is C18H21Cl2FIN3O. The number of nitrogens with one attached hydrogen (secondary N) is 1. The van der Waals surface area contributed by atoms with E-state index in [1.807, 2.05) is 13.0 Å². The number of aliphatic imine (C=N–C) groups is 1. The van der Waals surface area contributed by atoms with Crippen LogP contribution in [0.1, 0.15) is 31.0 Å². The second-order valence-electron chi connectivity index (χ2n) is 6.01. The van der Waals surface area contributed by atoms with Crippen molar-refractivity contribution in [3.8, 4) is 0 Å². The van der Waals surface area contributed by atoms with Crippen LogP contribution in [0.3, 0.4) is 0 Å². The molecule has 0 bridgehead atoms. The Hall–Kier alpha value is -1.09. The molecule has 8 heteroatoms. The number of hydrogen-bond acceptors (Lipinski definition) is 2. The van der Waals surface area contributed by atoms with Crippen LogP contribution >= 0.6 is 47.2 Å². The Kier molecular flexibility index (Phi) is 8.59. The van der Waals surface area contributed by atoms with Gasteiger partial charge in [-0.2, -0.15) is 0 Å². The van der Waals surface area contributed by atoms with Crippen molar-refractivity contribution in [2.45, 2.75) is 25.5 Å². The maximum Gasteiger partial charge on any atom is 0.189 e. The molecular weight excluding hydrogens is 491 g/mol. The summed E-state index contributed by atoms with van der Waals surface area (Å²) in [5, 5.41) is 14.6. The molecule has 0 spiro atoms. The van der Waals surface area contributed by atoms with Gasteiger partial charge in [0.1, 0.15) is 11.4 Å². The Morgan fingerprint density at radius 2 is 1.88 bits per heavy atom. The zero-order chi connectivity index (χ0) is 18.6. The second-order valence-corrected chi connectivity index (χ2v) is 6.86. The molecule has 0 saturated heterocycles. The van der Waals surface area contributed by atoms with Gasteiger partial charge in [0, 0.05) is 10.0 Å². The Balaban J connectivity index is 0.00000338. The molecule has 0 aliphatic rings. The quantitative estimate of drug-likeness (QED) is 0.311. The number of rotatable bonds is 5. The normalized spacial score (nSPS) is 14.9. The molecule has 0 aliphatic carbocycles. The minimum Gasteiger partial charge on any atom is -0.384 e. The van der Waals surface area contributed by atoms with Gasteiger partial charge < -0.3 is 16.2 Å². The zero-order valence-electron chi connectivity index (χ0n) is 14.3. The third-order valence-corrected chi connectivity index (χ3v) is 4.38. The molecule has 0 radical (unpaired) electrons. The van der Waals surface area contributed by atoms with Gasteiger partial charge in [-0.15, -0.1) is 24.0 Å². The van der Waals surface area contributed by atoms with Crippen molar-refractivity contribution in [2.75, 3.05) is 6.54 Å². The van der Waals surface area contributed by atoms with E-state index in [9.17, 15) is 9.50 Å². The lowest BCUT2D eigenvalue weighted by molar-refractivity contribution is 0.0672. The molecule has 4 nitrogen and oxygen atoms in total. The summed E-state index contributed by atoms with van der Waals surface area (Å²) in [5.74, 6) is -0.196. The number of benzene rings is 2. The van der Waals surface area contributed by atoms with Crippen LogP contribution in [-0.2, 0) is 5.60 Å². The molecule has 0 heterocycles. The number of aliphatic hydroxyl groups is 1. The molecule has 2 unspecified atom stereocenters. The first-order valence-electron chi connectivity index (χ1n) is 7.69. The van der Waals surface area contributed by atoms with Gasteiger partial charge in [-0.3, -0.25) is 4.99 Å². The van der Waals surface area contributed by atoms with Crippen LogP contribution in [0.5, 0.6) is 0 Å². The van der Waals surface area contributed by atoms with Gasteiger partial charge in [-0.1, -0.05) is 41.4 Å². The van der Waals surface area contributed by atoms with Crippen LogP contribution in [-0.4, -0.2) is 17.6 Å². The van der Waals surface area contributed by atoms with E-state index in [1.165, 1.54) is 24.3 Å². The highest BCUT2D eigenvalue weighted by molar-refractivity contribution is 14.0. The summed E-state index contributed by atoms with van der Waals surface area (Å²) in [5.41, 5.74) is 6.02. The number of hydrogen-bond donors (Lipinski definition) is 3. The van der Waals surface area contributed by atoms with Crippen molar-refractivity contribution in [3.63, 3.8) is 0 Å². The van der Waals surface area contributed by atoms with Gasteiger partial charge in [0.25, 0.3) is 0 Å². The molecule has 26 heavy (non-hydrogen) atoms. The average molecular weight is 512 g/mol. The maximum atomic E-state index is 13.0. The second kappa shape index (κ2) is 9.73. The lowest BCUT2D eigenvalue weighted by atomic mass is 9.96. The number of nitrogens with zero attached hydrogens (tertiary/aromatic N) is 1. The van der Waals surface area contributed by atoms with Crippen LogP contribution in [0.15, 0.2) is 47.5 Å². The van der Waals surface area contributed by atoms with E-state index in [1.54, 1.807) is 19.1 Å². The van der Waals surface area contributed by atoms with Crippen LogP contribution in [0.2, 0.25) is 10.0 Å². The third-order valence-electron chi connectivity index (χ3n) is 3.82. The van der Waals surface area contributed by atoms with E-state index in [0.29, 0.717) is 15.6 Å². The number of halogens is 4. The number of guanidine groups is 1. The number of nitrogens with two attached hydrogens (primary N) is 1. The summed E-state index contributed by atoms with van der Waals surface area (Å²) in [6.07, 6.45) is 0. The lowest BCUT2D eigenvalue weighted by Crippen LogP contribution is -2.36. The standard InChI is InChI=1S/C18H20Cl2FN3O.HI/c1-11(15-8-5-13(19)9-16(15)20)24-17(22)23-10-18(2,25)12-3-6-14(21)7-4-12;/h3-9,11,25H,10H2,1-2H3,(H3,22,23,24);1H. The molecule has 0 saturated carbocycles. The molecule has 0 fully saturated rings. The van der Waals surface area contributed by atoms with E-state index < -0.39 is 5.60 Å². The van der Waals surface area contributed by atoms with Crippen LogP contribution < -0.4 is 11.1 Å². The monoisotopic (exact) mass is 511 g/mol. The summed E-state index contributed by atoms with van der Waals surface area (Å²) in [6, 6.07) is 10.6. The molecule has 2 rings (SSSR count). The molecule has 2 atom stereocenters. The fraction of sp³-hybridized carbons (Fsp3) is 0.278. The lowest BCUT2D eigenvalue weighted by Gasteiger charge is -2.22. The molecule has 0 aliphatic heterocycles. The summed E-state index contributed by atoms with van der Waals surface area (Å²) in [6.45, 7) is 3.50. The predicted octanol–water partition coefficient (Wildman–Crippen LogP) is 4.62. The highest BCUT2D eigenvalue weighted by atomic mass is 127. The van der Waals surface area contributed by atoms with E-state index in [2.05, 4.69) is 10.3 Å². The van der Waals surface area contributed by atoms with E-state index in [-0.39, 0.29) is 48.3 Å². The Morgan fingerprint density at radius 1 is 1.27 bits per heavy atom. The first-order chi connectivity index (χ1) is 11.7. The predicted molar refractivity (Wildman–Crippen MR) is 116 cm³/mol. The minimum atomic E-state index is -1.26. The summed E-state index contributed by atoms with van der Waals surface area (Å²) in [7, 11) is 0. The first-order valence-corrected chi connectivity index (χ1v) is 8.44. The zero-order valence-corrected chi connectivity index (χ0v) is 18.2. The average Bonchev–Trinajstić information content (AvgIpc) is 2.53. The van der Waals surface area contributed by atoms with Crippen molar-refractivity contribution >= 4 is 53.1 Å². The van der Waals surface area contributed by atoms with E-state index >= 15 is 0 Å². The van der Waals surface area contributed by atoms with Crippen molar-refractivity contribution in [1.82, 2.24) is 5.32 Å². The highest BCUT2D eigenvalue weighted by Gasteiger charge is 2.23. The molecule has 2 aromatic rings. The Labute approximate surface area is 179 Å². The van der Waals surface area contributed by atoms with Gasteiger partial charge in [-0.25, -0.2) is 4.39 Å². The Bertz CT molecular complexity index is 770. The van der Waals surface area contributed by atoms with Crippen LogP contribution in [0.4, 0.5) is 4.39 Å². The van der Waals surface area contributed by atoms with Crippen molar-refractivity contribution < 1.29 is 9.50 Å². The van der Waals surface area contributed by atoms with Crippen LogP contribution in [0, 0.1) is 5.82 Å². The van der Waals surface area contributed by atoms with Crippen molar-refractivity contribution in [1.29, 1.82) is 0 Å². The molecule has 0 amide bonds. The van der Waals surface area contributed by atoms with Crippen molar-refractivity contribution in [2.24, 2.45) is 10.7 Å².